The van der Waals surface area contributed by atoms with Crippen molar-refractivity contribution in [1.29, 1.82) is 0 Å². The summed E-state index contributed by atoms with van der Waals surface area (Å²) >= 11 is 1.80. The molecule has 0 aliphatic rings. The predicted octanol–water partition coefficient (Wildman–Crippen LogP) is 4.44. The zero-order valence-corrected chi connectivity index (χ0v) is 13.7. The summed E-state index contributed by atoms with van der Waals surface area (Å²) in [4.78, 5) is 1.21. The zero-order chi connectivity index (χ0) is 15.2. The maximum Gasteiger partial charge on any atom is 0.118 e. The van der Waals surface area contributed by atoms with Crippen molar-refractivity contribution in [3.8, 4) is 5.75 Å². The molecule has 0 spiro atoms. The molecule has 0 heterocycles. The van der Waals surface area contributed by atoms with Gasteiger partial charge in [-0.15, -0.1) is 11.8 Å². The van der Waals surface area contributed by atoms with Gasteiger partial charge in [-0.25, -0.2) is 0 Å². The van der Waals surface area contributed by atoms with Gasteiger partial charge >= 0.3 is 0 Å². The highest BCUT2D eigenvalue weighted by Gasteiger charge is 2.16. The summed E-state index contributed by atoms with van der Waals surface area (Å²) in [5.41, 5.74) is 8.93. The monoisotopic (exact) mass is 301 g/mol. The Morgan fingerprint density at radius 3 is 2.19 bits per heavy atom. The van der Waals surface area contributed by atoms with E-state index in [0.29, 0.717) is 5.25 Å². The minimum absolute atomic E-state index is 0.0306. The number of thioether (sulfide) groups is 1. The molecule has 0 amide bonds. The van der Waals surface area contributed by atoms with E-state index in [-0.39, 0.29) is 6.04 Å². The lowest BCUT2D eigenvalue weighted by Crippen LogP contribution is -2.21. The van der Waals surface area contributed by atoms with Crippen LogP contribution in [0.2, 0.25) is 0 Å². The number of rotatable bonds is 6. The van der Waals surface area contributed by atoms with Gasteiger partial charge < -0.3 is 10.5 Å². The lowest BCUT2D eigenvalue weighted by Gasteiger charge is -2.20. The maximum atomic E-state index is 6.39. The van der Waals surface area contributed by atoms with Crippen molar-refractivity contribution >= 4 is 11.8 Å². The summed E-state index contributed by atoms with van der Waals surface area (Å²) in [6.07, 6.45) is 1.06. The lowest BCUT2D eigenvalue weighted by molar-refractivity contribution is 0.414. The number of benzene rings is 2. The van der Waals surface area contributed by atoms with E-state index in [9.17, 15) is 0 Å². The molecule has 2 rings (SSSR count). The van der Waals surface area contributed by atoms with Crippen molar-refractivity contribution < 1.29 is 4.74 Å². The molecule has 0 aliphatic carbocycles. The summed E-state index contributed by atoms with van der Waals surface area (Å²) < 4.78 is 5.18. The predicted molar refractivity (Wildman–Crippen MR) is 91.1 cm³/mol. The van der Waals surface area contributed by atoms with Crippen molar-refractivity contribution in [3.63, 3.8) is 0 Å². The summed E-state index contributed by atoms with van der Waals surface area (Å²) in [6, 6.07) is 16.8. The molecule has 2 N–H and O–H groups in total. The van der Waals surface area contributed by atoms with Crippen molar-refractivity contribution in [2.45, 2.75) is 36.5 Å². The standard InChI is InChI=1S/C18H23NOS/c1-4-14-5-7-15(8-6-14)18(19)13(2)21-17-11-9-16(20-3)10-12-17/h5-13,18H,4,19H2,1-3H3. The lowest BCUT2D eigenvalue weighted by atomic mass is 10.0. The van der Waals surface area contributed by atoms with E-state index in [4.69, 9.17) is 10.5 Å². The third kappa shape index (κ3) is 4.26. The molecule has 21 heavy (non-hydrogen) atoms. The van der Waals surface area contributed by atoms with E-state index in [0.717, 1.165) is 12.2 Å². The average Bonchev–Trinajstić information content (AvgIpc) is 2.55. The Labute approximate surface area is 131 Å². The first kappa shape index (κ1) is 15.9. The highest BCUT2D eigenvalue weighted by molar-refractivity contribution is 8.00. The molecule has 0 bridgehead atoms. The van der Waals surface area contributed by atoms with Crippen LogP contribution in [0.5, 0.6) is 5.75 Å². The van der Waals surface area contributed by atoms with E-state index in [2.05, 4.69) is 50.2 Å². The van der Waals surface area contributed by atoms with Crippen molar-refractivity contribution in [2.24, 2.45) is 5.73 Å². The van der Waals surface area contributed by atoms with Crippen LogP contribution in [0.1, 0.15) is 31.0 Å². The molecule has 3 heteroatoms. The van der Waals surface area contributed by atoms with Gasteiger partial charge in [0.1, 0.15) is 5.75 Å². The summed E-state index contributed by atoms with van der Waals surface area (Å²) in [7, 11) is 1.68. The molecular formula is C18H23NOS. The van der Waals surface area contributed by atoms with E-state index in [1.54, 1.807) is 18.9 Å². The Morgan fingerprint density at radius 2 is 1.67 bits per heavy atom. The maximum absolute atomic E-state index is 6.39. The smallest absolute Gasteiger partial charge is 0.118 e. The van der Waals surface area contributed by atoms with E-state index >= 15 is 0 Å². The fourth-order valence-electron chi connectivity index (χ4n) is 2.19. The first-order valence-electron chi connectivity index (χ1n) is 7.29. The zero-order valence-electron chi connectivity index (χ0n) is 12.9. The second-order valence-electron chi connectivity index (χ2n) is 5.12. The van der Waals surface area contributed by atoms with Gasteiger partial charge in [-0.1, -0.05) is 38.1 Å². The highest BCUT2D eigenvalue weighted by Crippen LogP contribution is 2.31. The summed E-state index contributed by atoms with van der Waals surface area (Å²) in [6.45, 7) is 4.34. The van der Waals surface area contributed by atoms with Gasteiger partial charge in [0.2, 0.25) is 0 Å². The van der Waals surface area contributed by atoms with E-state index in [1.807, 2.05) is 12.1 Å². The number of hydrogen-bond donors (Lipinski definition) is 1. The number of methoxy groups -OCH3 is 1. The van der Waals surface area contributed by atoms with Crippen LogP contribution in [0.25, 0.3) is 0 Å². The van der Waals surface area contributed by atoms with Crippen LogP contribution in [0, 0.1) is 0 Å². The van der Waals surface area contributed by atoms with Crippen LogP contribution < -0.4 is 10.5 Å². The summed E-state index contributed by atoms with van der Waals surface area (Å²) in [5.74, 6) is 0.881. The first-order valence-corrected chi connectivity index (χ1v) is 8.17. The molecule has 0 radical (unpaired) electrons. The molecule has 2 aromatic carbocycles. The van der Waals surface area contributed by atoms with Crippen LogP contribution >= 0.6 is 11.8 Å². The molecular weight excluding hydrogens is 278 g/mol. The number of aryl methyl sites for hydroxylation is 1. The third-order valence-corrected chi connectivity index (χ3v) is 4.87. The molecule has 2 unspecified atom stereocenters. The van der Waals surface area contributed by atoms with Gasteiger partial charge in [0.15, 0.2) is 0 Å². The van der Waals surface area contributed by atoms with Gasteiger partial charge in [0.05, 0.1) is 7.11 Å². The summed E-state index contributed by atoms with van der Waals surface area (Å²) in [5, 5.41) is 0.311. The van der Waals surface area contributed by atoms with E-state index in [1.165, 1.54) is 16.0 Å². The minimum atomic E-state index is 0.0306. The first-order chi connectivity index (χ1) is 10.1. The quantitative estimate of drug-likeness (QED) is 0.801. The molecule has 2 nitrogen and oxygen atoms in total. The molecule has 0 saturated carbocycles. The van der Waals surface area contributed by atoms with Crippen LogP contribution in [0.15, 0.2) is 53.4 Å². The van der Waals surface area contributed by atoms with Crippen molar-refractivity contribution in [1.82, 2.24) is 0 Å². The fourth-order valence-corrected chi connectivity index (χ4v) is 3.22. The third-order valence-electron chi connectivity index (χ3n) is 3.66. The minimum Gasteiger partial charge on any atom is -0.497 e. The second-order valence-corrected chi connectivity index (χ2v) is 6.57. The van der Waals surface area contributed by atoms with Gasteiger partial charge in [0, 0.05) is 16.2 Å². The second kappa shape index (κ2) is 7.53. The van der Waals surface area contributed by atoms with Crippen LogP contribution in [-0.2, 0) is 6.42 Å². The molecule has 0 fully saturated rings. The normalized spacial score (nSPS) is 13.7. The Kier molecular flexibility index (Phi) is 5.71. The van der Waals surface area contributed by atoms with Crippen molar-refractivity contribution in [2.75, 3.05) is 7.11 Å². The average molecular weight is 301 g/mol. The van der Waals surface area contributed by atoms with Crippen molar-refractivity contribution in [3.05, 3.63) is 59.7 Å². The Hall–Kier alpha value is -1.45. The number of hydrogen-bond acceptors (Lipinski definition) is 3. The van der Waals surface area contributed by atoms with Crippen LogP contribution in [-0.4, -0.2) is 12.4 Å². The van der Waals surface area contributed by atoms with Crippen LogP contribution in [0.4, 0.5) is 0 Å². The fraction of sp³-hybridized carbons (Fsp3) is 0.333. The molecule has 0 aliphatic heterocycles. The van der Waals surface area contributed by atoms with Crippen LogP contribution in [0.3, 0.4) is 0 Å². The molecule has 0 aromatic heterocycles. The Balaban J connectivity index is 2.01. The van der Waals surface area contributed by atoms with Gasteiger partial charge in [-0.2, -0.15) is 0 Å². The largest absolute Gasteiger partial charge is 0.497 e. The van der Waals surface area contributed by atoms with Gasteiger partial charge in [-0.3, -0.25) is 0 Å². The molecule has 0 saturated heterocycles. The van der Waals surface area contributed by atoms with Gasteiger partial charge in [0.25, 0.3) is 0 Å². The molecule has 2 atom stereocenters. The SMILES string of the molecule is CCc1ccc(C(N)C(C)Sc2ccc(OC)cc2)cc1. The molecule has 2 aromatic rings. The Morgan fingerprint density at radius 1 is 1.05 bits per heavy atom. The highest BCUT2D eigenvalue weighted by atomic mass is 32.2. The molecule has 112 valence electrons. The van der Waals surface area contributed by atoms with Gasteiger partial charge in [-0.05, 0) is 41.8 Å². The van der Waals surface area contributed by atoms with E-state index < -0.39 is 0 Å². The number of ether oxygens (including phenoxy) is 1. The number of nitrogens with two attached hydrogens (primary N) is 1. The Bertz CT molecular complexity index is 550. The topological polar surface area (TPSA) is 35.2 Å².